The molecule has 0 radical (unpaired) electrons. The maximum atomic E-state index is 12.7. The number of nitrogens with one attached hydrogen (secondary N) is 1. The van der Waals surface area contributed by atoms with Crippen molar-refractivity contribution < 1.29 is 19.1 Å². The van der Waals surface area contributed by atoms with E-state index in [1.54, 1.807) is 0 Å². The average Bonchev–Trinajstić information content (AvgIpc) is 2.98. The summed E-state index contributed by atoms with van der Waals surface area (Å²) in [7, 11) is 5.30. The van der Waals surface area contributed by atoms with Gasteiger partial charge in [-0.15, -0.1) is 0 Å². The maximum absolute atomic E-state index is 12.7. The average molecular weight is 348 g/mol. The van der Waals surface area contributed by atoms with Crippen LogP contribution in [0.15, 0.2) is 24.3 Å². The Morgan fingerprint density at radius 3 is 2.20 bits per heavy atom. The van der Waals surface area contributed by atoms with Crippen molar-refractivity contribution in [1.82, 2.24) is 5.32 Å². The van der Waals surface area contributed by atoms with Crippen molar-refractivity contribution >= 4 is 17.6 Å². The lowest BCUT2D eigenvalue weighted by atomic mass is 9.93. The standard InChI is InChI=1S/C19H28N2O4/c1-19(2,3)25-17(22)14-11-15(18(23)24-6)20-16(14)12-7-9-13(10-8-12)21(4)5/h7-10,14-16,20H,11H2,1-6H3/t14-,15-,16-/m0/s1. The van der Waals surface area contributed by atoms with Crippen LogP contribution in [0.4, 0.5) is 5.69 Å². The van der Waals surface area contributed by atoms with Crippen molar-refractivity contribution in [3.8, 4) is 0 Å². The third kappa shape index (κ3) is 4.72. The van der Waals surface area contributed by atoms with E-state index in [9.17, 15) is 9.59 Å². The van der Waals surface area contributed by atoms with Gasteiger partial charge in [0.1, 0.15) is 11.6 Å². The molecule has 1 aromatic rings. The molecule has 138 valence electrons. The number of benzene rings is 1. The first-order chi connectivity index (χ1) is 11.6. The van der Waals surface area contributed by atoms with Crippen LogP contribution in [-0.4, -0.2) is 44.8 Å². The Kier molecular flexibility index (Phi) is 5.72. The first-order valence-corrected chi connectivity index (χ1v) is 8.46. The minimum Gasteiger partial charge on any atom is -0.468 e. The SMILES string of the molecule is COC(=O)[C@@H]1C[C@H](C(=O)OC(C)(C)C)[C@H](c2ccc(N(C)C)cc2)N1. The maximum Gasteiger partial charge on any atom is 0.322 e. The molecular weight excluding hydrogens is 320 g/mol. The van der Waals surface area contributed by atoms with Gasteiger partial charge in [0.05, 0.1) is 13.0 Å². The fourth-order valence-corrected chi connectivity index (χ4v) is 3.02. The molecule has 1 heterocycles. The van der Waals surface area contributed by atoms with Crippen LogP contribution in [-0.2, 0) is 19.1 Å². The summed E-state index contributed by atoms with van der Waals surface area (Å²) in [5.74, 6) is -1.09. The molecule has 0 amide bonds. The zero-order valence-corrected chi connectivity index (χ0v) is 15.8. The number of esters is 2. The Morgan fingerprint density at radius 2 is 1.72 bits per heavy atom. The summed E-state index contributed by atoms with van der Waals surface area (Å²) in [6.07, 6.45) is 0.363. The van der Waals surface area contributed by atoms with Crippen LogP contribution in [0.1, 0.15) is 38.8 Å². The number of hydrogen-bond donors (Lipinski definition) is 1. The quantitative estimate of drug-likeness (QED) is 0.842. The molecule has 1 aliphatic heterocycles. The highest BCUT2D eigenvalue weighted by molar-refractivity contribution is 5.80. The predicted octanol–water partition coefficient (Wildman–Crippen LogP) is 2.29. The first kappa shape index (κ1) is 19.2. The van der Waals surface area contributed by atoms with Gasteiger partial charge in [-0.25, -0.2) is 0 Å². The van der Waals surface area contributed by atoms with E-state index in [0.717, 1.165) is 11.3 Å². The molecule has 6 nitrogen and oxygen atoms in total. The third-order valence-corrected chi connectivity index (χ3v) is 4.24. The number of carbonyl (C=O) groups excluding carboxylic acids is 2. The van der Waals surface area contributed by atoms with Crippen LogP contribution < -0.4 is 10.2 Å². The van der Waals surface area contributed by atoms with Crippen LogP contribution in [0.5, 0.6) is 0 Å². The van der Waals surface area contributed by atoms with Crippen LogP contribution in [0, 0.1) is 5.92 Å². The second-order valence-corrected chi connectivity index (χ2v) is 7.58. The van der Waals surface area contributed by atoms with E-state index in [2.05, 4.69) is 5.32 Å². The van der Waals surface area contributed by atoms with Crippen LogP contribution in [0.3, 0.4) is 0 Å². The number of hydrogen-bond acceptors (Lipinski definition) is 6. The molecule has 3 atom stereocenters. The molecule has 0 unspecified atom stereocenters. The first-order valence-electron chi connectivity index (χ1n) is 8.46. The van der Waals surface area contributed by atoms with E-state index < -0.39 is 17.6 Å². The second-order valence-electron chi connectivity index (χ2n) is 7.58. The monoisotopic (exact) mass is 348 g/mol. The Balaban J connectivity index is 2.26. The highest BCUT2D eigenvalue weighted by Gasteiger charge is 2.44. The molecule has 0 bridgehead atoms. The van der Waals surface area contributed by atoms with Crippen molar-refractivity contribution in [1.29, 1.82) is 0 Å². The number of nitrogens with zero attached hydrogens (tertiary/aromatic N) is 1. The molecule has 0 spiro atoms. The summed E-state index contributed by atoms with van der Waals surface area (Å²) in [5.41, 5.74) is 1.45. The summed E-state index contributed by atoms with van der Waals surface area (Å²) < 4.78 is 10.4. The molecular formula is C19H28N2O4. The second kappa shape index (κ2) is 7.44. The Labute approximate surface area is 149 Å². The minimum absolute atomic E-state index is 0.282. The van der Waals surface area contributed by atoms with E-state index in [0.29, 0.717) is 6.42 Å². The van der Waals surface area contributed by atoms with Crippen LogP contribution >= 0.6 is 0 Å². The molecule has 0 aromatic heterocycles. The molecule has 0 saturated carbocycles. The van der Waals surface area contributed by atoms with Gasteiger partial charge in [0.25, 0.3) is 0 Å². The Hall–Kier alpha value is -2.08. The van der Waals surface area contributed by atoms with Gasteiger partial charge in [0, 0.05) is 25.8 Å². The molecule has 25 heavy (non-hydrogen) atoms. The summed E-state index contributed by atoms with van der Waals surface area (Å²) in [6.45, 7) is 5.52. The lowest BCUT2D eigenvalue weighted by Gasteiger charge is -2.25. The van der Waals surface area contributed by atoms with Crippen molar-refractivity contribution in [2.45, 2.75) is 44.9 Å². The van der Waals surface area contributed by atoms with Crippen LogP contribution in [0.25, 0.3) is 0 Å². The van der Waals surface area contributed by atoms with Gasteiger partial charge in [-0.05, 0) is 44.9 Å². The summed E-state index contributed by atoms with van der Waals surface area (Å²) >= 11 is 0. The topological polar surface area (TPSA) is 67.9 Å². The molecule has 1 N–H and O–H groups in total. The molecule has 1 fully saturated rings. The summed E-state index contributed by atoms with van der Waals surface area (Å²) in [4.78, 5) is 26.6. The van der Waals surface area contributed by atoms with Gasteiger partial charge in [-0.2, -0.15) is 0 Å². The molecule has 6 heteroatoms. The smallest absolute Gasteiger partial charge is 0.322 e. The Bertz CT molecular complexity index is 619. The minimum atomic E-state index is -0.570. The van der Waals surface area contributed by atoms with Crippen molar-refractivity contribution in [3.05, 3.63) is 29.8 Å². The van der Waals surface area contributed by atoms with E-state index in [1.165, 1.54) is 7.11 Å². The zero-order valence-electron chi connectivity index (χ0n) is 15.8. The van der Waals surface area contributed by atoms with Crippen LogP contribution in [0.2, 0.25) is 0 Å². The highest BCUT2D eigenvalue weighted by atomic mass is 16.6. The lowest BCUT2D eigenvalue weighted by Crippen LogP contribution is -2.33. The normalized spacial score (nSPS) is 23.2. The van der Waals surface area contributed by atoms with Gasteiger partial charge in [-0.1, -0.05) is 12.1 Å². The summed E-state index contributed by atoms with van der Waals surface area (Å²) in [5, 5.41) is 3.23. The zero-order chi connectivity index (χ0) is 18.8. The van der Waals surface area contributed by atoms with E-state index >= 15 is 0 Å². The largest absolute Gasteiger partial charge is 0.468 e. The predicted molar refractivity (Wildman–Crippen MR) is 96.4 cm³/mol. The number of carbonyl (C=O) groups is 2. The third-order valence-electron chi connectivity index (χ3n) is 4.24. The summed E-state index contributed by atoms with van der Waals surface area (Å²) in [6, 6.07) is 7.15. The number of anilines is 1. The molecule has 1 saturated heterocycles. The fourth-order valence-electron chi connectivity index (χ4n) is 3.02. The fraction of sp³-hybridized carbons (Fsp3) is 0.579. The van der Waals surface area contributed by atoms with Gasteiger partial charge in [0.2, 0.25) is 0 Å². The number of ether oxygens (including phenoxy) is 2. The molecule has 0 aliphatic carbocycles. The van der Waals surface area contributed by atoms with E-state index in [-0.39, 0.29) is 18.0 Å². The Morgan fingerprint density at radius 1 is 1.12 bits per heavy atom. The molecule has 1 aromatic carbocycles. The lowest BCUT2D eigenvalue weighted by molar-refractivity contribution is -0.160. The number of rotatable bonds is 4. The van der Waals surface area contributed by atoms with E-state index in [1.807, 2.05) is 64.0 Å². The van der Waals surface area contributed by atoms with Gasteiger partial charge >= 0.3 is 11.9 Å². The highest BCUT2D eigenvalue weighted by Crippen LogP contribution is 2.35. The number of methoxy groups -OCH3 is 1. The van der Waals surface area contributed by atoms with Crippen molar-refractivity contribution in [2.24, 2.45) is 5.92 Å². The van der Waals surface area contributed by atoms with Crippen molar-refractivity contribution in [2.75, 3.05) is 26.1 Å². The van der Waals surface area contributed by atoms with E-state index in [4.69, 9.17) is 9.47 Å². The van der Waals surface area contributed by atoms with Gasteiger partial charge in [0.15, 0.2) is 0 Å². The van der Waals surface area contributed by atoms with Crippen molar-refractivity contribution in [3.63, 3.8) is 0 Å². The van der Waals surface area contributed by atoms with Gasteiger partial charge in [-0.3, -0.25) is 14.9 Å². The van der Waals surface area contributed by atoms with Gasteiger partial charge < -0.3 is 14.4 Å². The molecule has 1 aliphatic rings. The molecule has 2 rings (SSSR count).